The van der Waals surface area contributed by atoms with Crippen LogP contribution in [0.25, 0.3) is 0 Å². The van der Waals surface area contributed by atoms with Crippen LogP contribution in [0.3, 0.4) is 0 Å². The summed E-state index contributed by atoms with van der Waals surface area (Å²) in [5.74, 6) is -0.0205. The van der Waals surface area contributed by atoms with Crippen LogP contribution in [0.1, 0.15) is 178 Å². The summed E-state index contributed by atoms with van der Waals surface area (Å²) in [5.41, 5.74) is 0.488. The number of benzene rings is 1. The fraction of sp³-hybridized carbons (Fsp3) is 0.745. The van der Waals surface area contributed by atoms with Crippen LogP contribution in [0.4, 0.5) is 0 Å². The average Bonchev–Trinajstić information content (AvgIpc) is 3.43. The van der Waals surface area contributed by atoms with E-state index in [1.165, 1.54) is 83.5 Å². The first-order valence-corrected chi connectivity index (χ1v) is 22.6. The van der Waals surface area contributed by atoms with E-state index in [1.54, 1.807) is 18.2 Å². The van der Waals surface area contributed by atoms with Crippen LogP contribution in [-0.2, 0) is 14.3 Å². The van der Waals surface area contributed by atoms with E-state index in [1.807, 2.05) is 12.1 Å². The third-order valence-electron chi connectivity index (χ3n) is 12.1. The molecule has 2 saturated carbocycles. The molecule has 2 aliphatic carbocycles. The van der Waals surface area contributed by atoms with Crippen LogP contribution in [-0.4, -0.2) is 59.6 Å². The molecular weight excluding hydrogens is 712 g/mol. The van der Waals surface area contributed by atoms with Crippen molar-refractivity contribution in [2.75, 3.05) is 19.8 Å². The number of ether oxygens (including phenoxy) is 3. The Morgan fingerprint density at radius 3 is 2.15 bits per heavy atom. The van der Waals surface area contributed by atoms with Crippen LogP contribution in [0.5, 0.6) is 5.75 Å². The fourth-order valence-corrected chi connectivity index (χ4v) is 8.67. The number of carbonyl (C=O) groups excluding carboxylic acids is 2. The highest BCUT2D eigenvalue weighted by Crippen LogP contribution is 2.48. The Labute approximate surface area is 339 Å². The Hall–Kier alpha value is -2.35. The number of carbonyl (C=O) groups is 2. The second-order valence-corrected chi connectivity index (χ2v) is 16.8. The lowest BCUT2D eigenvalue weighted by atomic mass is 9.63. The van der Waals surface area contributed by atoms with Crippen molar-refractivity contribution in [3.63, 3.8) is 0 Å². The Morgan fingerprint density at radius 1 is 0.855 bits per heavy atom. The predicted octanol–water partition coefficient (Wildman–Crippen LogP) is 11.9. The first-order valence-electron chi connectivity index (χ1n) is 22.2. The number of allylic oxidation sites excluding steroid dienone is 2. The van der Waals surface area contributed by atoms with Gasteiger partial charge in [-0.05, 0) is 87.3 Å². The van der Waals surface area contributed by atoms with Crippen LogP contribution < -0.4 is 4.74 Å². The molecule has 0 saturated heterocycles. The number of hydrogen-bond acceptors (Lipinski definition) is 7. The first kappa shape index (κ1) is 47.0. The molecule has 312 valence electrons. The van der Waals surface area contributed by atoms with E-state index >= 15 is 0 Å². The summed E-state index contributed by atoms with van der Waals surface area (Å²) in [4.78, 5) is 24.8. The van der Waals surface area contributed by atoms with Gasteiger partial charge in [0.2, 0.25) is 0 Å². The molecule has 3 rings (SSSR count). The minimum atomic E-state index is -0.472. The molecule has 2 fully saturated rings. The Bertz CT molecular complexity index is 1240. The van der Waals surface area contributed by atoms with Crippen molar-refractivity contribution in [3.8, 4) is 5.75 Å². The summed E-state index contributed by atoms with van der Waals surface area (Å²) in [6, 6.07) is 7.04. The molecule has 0 radical (unpaired) electrons. The van der Waals surface area contributed by atoms with Crippen molar-refractivity contribution in [1.82, 2.24) is 0 Å². The van der Waals surface area contributed by atoms with Gasteiger partial charge in [0.05, 0.1) is 24.4 Å². The molecule has 5 atom stereocenters. The number of rotatable bonds is 31. The van der Waals surface area contributed by atoms with Gasteiger partial charge in [0.1, 0.15) is 19.0 Å². The monoisotopic (exact) mass is 787 g/mol. The van der Waals surface area contributed by atoms with Gasteiger partial charge in [0, 0.05) is 17.7 Å². The highest BCUT2D eigenvalue weighted by Gasteiger charge is 2.42. The lowest BCUT2D eigenvalue weighted by molar-refractivity contribution is -0.144. The van der Waals surface area contributed by atoms with E-state index in [-0.39, 0.29) is 54.3 Å². The fourth-order valence-electron chi connectivity index (χ4n) is 8.21. The standard InChI is InChI=1S/C47H75ClO7/c1-3-5-6-7-8-9-10-11-12-13-14-15-18-21-33-53-39-26-22-25-38(36-39)46(52)55-35-34-54-45(51)30-20-17-16-19-27-40-41(43(49)37-42(40)48)28-23-29-44(50)47(4-2)31-24-32-47/h16,19,22-23,25-26,28,36,40-44,49-50H,3-15,17-18,20-21,24,27,29-35,37H2,1-2H3/b19-16-,28-23+/t40-,41-,42-,43-,44+/m1/s1. The molecule has 0 bridgehead atoms. The summed E-state index contributed by atoms with van der Waals surface area (Å²) < 4.78 is 16.5. The van der Waals surface area contributed by atoms with Gasteiger partial charge in [0.25, 0.3) is 0 Å². The van der Waals surface area contributed by atoms with Gasteiger partial charge >= 0.3 is 11.9 Å². The third kappa shape index (κ3) is 18.2. The summed E-state index contributed by atoms with van der Waals surface area (Å²) >= 11 is 6.63. The second-order valence-electron chi connectivity index (χ2n) is 16.2. The molecule has 0 aliphatic heterocycles. The van der Waals surface area contributed by atoms with E-state index in [9.17, 15) is 19.8 Å². The molecule has 8 heteroatoms. The van der Waals surface area contributed by atoms with Gasteiger partial charge in [-0.2, -0.15) is 0 Å². The van der Waals surface area contributed by atoms with Crippen molar-refractivity contribution in [3.05, 3.63) is 54.1 Å². The van der Waals surface area contributed by atoms with Crippen molar-refractivity contribution in [1.29, 1.82) is 0 Å². The van der Waals surface area contributed by atoms with Gasteiger partial charge in [-0.25, -0.2) is 4.79 Å². The van der Waals surface area contributed by atoms with Crippen LogP contribution >= 0.6 is 11.6 Å². The van der Waals surface area contributed by atoms with Crippen molar-refractivity contribution in [2.24, 2.45) is 17.3 Å². The number of halogens is 1. The minimum absolute atomic E-state index is 0.00447. The minimum Gasteiger partial charge on any atom is -0.494 e. The molecular formula is C47H75ClO7. The van der Waals surface area contributed by atoms with Gasteiger partial charge < -0.3 is 24.4 Å². The molecule has 0 unspecified atom stereocenters. The molecule has 0 aromatic heterocycles. The zero-order valence-electron chi connectivity index (χ0n) is 34.4. The molecule has 1 aromatic carbocycles. The highest BCUT2D eigenvalue weighted by atomic mass is 35.5. The topological polar surface area (TPSA) is 102 Å². The van der Waals surface area contributed by atoms with E-state index in [0.29, 0.717) is 37.2 Å². The number of unbranched alkanes of at least 4 members (excludes halogenated alkanes) is 14. The second kappa shape index (κ2) is 28.1. The number of esters is 2. The maximum Gasteiger partial charge on any atom is 0.338 e. The number of hydrogen-bond donors (Lipinski definition) is 2. The van der Waals surface area contributed by atoms with Gasteiger partial charge in [0.15, 0.2) is 0 Å². The van der Waals surface area contributed by atoms with E-state index in [4.69, 9.17) is 25.8 Å². The number of aliphatic hydroxyl groups is 2. The summed E-state index contributed by atoms with van der Waals surface area (Å²) in [5, 5.41) is 21.3. The molecule has 2 aliphatic rings. The van der Waals surface area contributed by atoms with E-state index in [2.05, 4.69) is 32.1 Å². The predicted molar refractivity (Wildman–Crippen MR) is 225 cm³/mol. The molecule has 55 heavy (non-hydrogen) atoms. The molecule has 0 spiro atoms. The Morgan fingerprint density at radius 2 is 1.51 bits per heavy atom. The summed E-state index contributed by atoms with van der Waals surface area (Å²) in [6.07, 6.45) is 33.9. The average molecular weight is 788 g/mol. The largest absolute Gasteiger partial charge is 0.494 e. The van der Waals surface area contributed by atoms with E-state index in [0.717, 1.165) is 44.9 Å². The highest BCUT2D eigenvalue weighted by molar-refractivity contribution is 6.21. The zero-order chi connectivity index (χ0) is 39.6. The lowest BCUT2D eigenvalue weighted by Crippen LogP contribution is -2.40. The van der Waals surface area contributed by atoms with Gasteiger partial charge in [-0.1, -0.05) is 134 Å². The maximum atomic E-state index is 12.6. The third-order valence-corrected chi connectivity index (χ3v) is 12.6. The van der Waals surface area contributed by atoms with Crippen LogP contribution in [0, 0.1) is 17.3 Å². The molecule has 0 heterocycles. The van der Waals surface area contributed by atoms with Crippen molar-refractivity contribution < 1.29 is 34.0 Å². The molecule has 7 nitrogen and oxygen atoms in total. The molecule has 0 amide bonds. The number of alkyl halides is 1. The van der Waals surface area contributed by atoms with E-state index < -0.39 is 12.1 Å². The summed E-state index contributed by atoms with van der Waals surface area (Å²) in [7, 11) is 0. The lowest BCUT2D eigenvalue weighted by Gasteiger charge is -2.45. The van der Waals surface area contributed by atoms with Crippen molar-refractivity contribution in [2.45, 2.75) is 186 Å². The molecule has 2 N–H and O–H groups in total. The Balaban J connectivity index is 1.18. The van der Waals surface area contributed by atoms with Crippen LogP contribution in [0.15, 0.2) is 48.6 Å². The summed E-state index contributed by atoms with van der Waals surface area (Å²) in [6.45, 7) is 5.07. The van der Waals surface area contributed by atoms with Crippen molar-refractivity contribution >= 4 is 23.5 Å². The van der Waals surface area contributed by atoms with Gasteiger partial charge in [-0.15, -0.1) is 11.6 Å². The quantitative estimate of drug-likeness (QED) is 0.0334. The number of aliphatic hydroxyl groups excluding tert-OH is 2. The smallest absolute Gasteiger partial charge is 0.338 e. The maximum absolute atomic E-state index is 12.6. The first-order chi connectivity index (χ1) is 26.8. The normalized spacial score (nSPS) is 21.2. The SMILES string of the molecule is CCCCCCCCCCCCCCCCOc1cccc(C(=O)OCCOC(=O)CCC/C=C\C[C@@H]2[C@@H](/C=C/C[C@H](O)C3(CC)CCC3)[C@H](O)C[C@H]2Cl)c1. The Kier molecular flexibility index (Phi) is 24.0. The van der Waals surface area contributed by atoms with Crippen LogP contribution in [0.2, 0.25) is 0 Å². The van der Waals surface area contributed by atoms with Gasteiger partial charge in [-0.3, -0.25) is 4.79 Å². The zero-order valence-corrected chi connectivity index (χ0v) is 35.2. The molecule has 1 aromatic rings.